The van der Waals surface area contributed by atoms with Crippen LogP contribution in [0.15, 0.2) is 36.5 Å². The fourth-order valence-electron chi connectivity index (χ4n) is 3.61. The van der Waals surface area contributed by atoms with Crippen molar-refractivity contribution in [2.24, 2.45) is 5.92 Å². The van der Waals surface area contributed by atoms with Crippen LogP contribution in [0.2, 0.25) is 0 Å². The van der Waals surface area contributed by atoms with Crippen LogP contribution in [0.4, 0.5) is 5.82 Å². The van der Waals surface area contributed by atoms with Crippen molar-refractivity contribution in [2.75, 3.05) is 19.5 Å². The molecule has 3 rings (SSSR count). The van der Waals surface area contributed by atoms with Gasteiger partial charge in [-0.3, -0.25) is 4.79 Å². The number of aromatic nitrogens is 1. The lowest BCUT2D eigenvalue weighted by atomic mass is 9.85. The number of nitrogens with zero attached hydrogens (tertiary/aromatic N) is 2. The summed E-state index contributed by atoms with van der Waals surface area (Å²) in [5, 5.41) is 15.6. The molecule has 0 spiro atoms. The smallest absolute Gasteiger partial charge is 0.223 e. The summed E-state index contributed by atoms with van der Waals surface area (Å²) < 4.78 is 10.5. The van der Waals surface area contributed by atoms with E-state index in [0.717, 1.165) is 31.2 Å². The van der Waals surface area contributed by atoms with Crippen LogP contribution in [0.5, 0.6) is 11.5 Å². The highest BCUT2D eigenvalue weighted by atomic mass is 16.5. The molecule has 1 fully saturated rings. The topological polar surface area (TPSA) is 96.3 Å². The number of rotatable bonds is 7. The van der Waals surface area contributed by atoms with E-state index in [9.17, 15) is 10.1 Å². The maximum Gasteiger partial charge on any atom is 0.223 e. The molecule has 0 bridgehead atoms. The van der Waals surface area contributed by atoms with Crippen molar-refractivity contribution < 1.29 is 14.3 Å². The molecule has 1 heterocycles. The van der Waals surface area contributed by atoms with E-state index in [1.54, 1.807) is 38.6 Å². The third-order valence-electron chi connectivity index (χ3n) is 5.24. The SMILES string of the molecule is COc1cc(CNC(=O)C2CCC(Nc3ncccc3C#N)CC2)cc(OC)c1. The number of carbonyl (C=O) groups excluding carboxylic acids is 1. The van der Waals surface area contributed by atoms with Crippen LogP contribution in [-0.4, -0.2) is 31.2 Å². The van der Waals surface area contributed by atoms with Gasteiger partial charge in [0.05, 0.1) is 19.8 Å². The molecule has 1 aromatic heterocycles. The summed E-state index contributed by atoms with van der Waals surface area (Å²) >= 11 is 0. The Bertz CT molecular complexity index is 864. The van der Waals surface area contributed by atoms with E-state index < -0.39 is 0 Å². The zero-order chi connectivity index (χ0) is 20.6. The fourth-order valence-corrected chi connectivity index (χ4v) is 3.61. The number of methoxy groups -OCH3 is 2. The summed E-state index contributed by atoms with van der Waals surface area (Å²) in [7, 11) is 3.21. The average molecular weight is 394 g/mol. The van der Waals surface area contributed by atoms with Crippen molar-refractivity contribution in [3.05, 3.63) is 47.7 Å². The van der Waals surface area contributed by atoms with Gasteiger partial charge in [-0.05, 0) is 55.5 Å². The Balaban J connectivity index is 1.50. The van der Waals surface area contributed by atoms with E-state index in [4.69, 9.17) is 9.47 Å². The number of hydrogen-bond donors (Lipinski definition) is 2. The molecule has 1 aromatic carbocycles. The molecule has 7 heteroatoms. The Morgan fingerprint density at radius 1 is 1.17 bits per heavy atom. The molecule has 1 saturated carbocycles. The Kier molecular flexibility index (Phi) is 6.90. The Labute approximate surface area is 171 Å². The molecule has 0 atom stereocenters. The summed E-state index contributed by atoms with van der Waals surface area (Å²) in [6.45, 7) is 0.435. The van der Waals surface area contributed by atoms with Gasteiger partial charge in [0.25, 0.3) is 0 Å². The molecule has 2 N–H and O–H groups in total. The summed E-state index contributed by atoms with van der Waals surface area (Å²) in [5.74, 6) is 2.09. The molecule has 2 aromatic rings. The van der Waals surface area contributed by atoms with Crippen molar-refractivity contribution in [3.8, 4) is 17.6 Å². The number of hydrogen-bond acceptors (Lipinski definition) is 6. The second-order valence-corrected chi connectivity index (χ2v) is 7.14. The van der Waals surface area contributed by atoms with Gasteiger partial charge in [0, 0.05) is 30.8 Å². The zero-order valence-electron chi connectivity index (χ0n) is 16.8. The quantitative estimate of drug-likeness (QED) is 0.748. The average Bonchev–Trinajstić information content (AvgIpc) is 2.78. The van der Waals surface area contributed by atoms with Crippen LogP contribution >= 0.6 is 0 Å². The molecule has 7 nitrogen and oxygen atoms in total. The van der Waals surface area contributed by atoms with E-state index in [0.29, 0.717) is 29.4 Å². The van der Waals surface area contributed by atoms with Gasteiger partial charge in [0.1, 0.15) is 23.4 Å². The maximum absolute atomic E-state index is 12.6. The first-order chi connectivity index (χ1) is 14.1. The van der Waals surface area contributed by atoms with Crippen LogP contribution in [0.25, 0.3) is 0 Å². The number of nitrogens with one attached hydrogen (secondary N) is 2. The molecule has 1 aliphatic carbocycles. The standard InChI is InChI=1S/C22H26N4O3/c1-28-19-10-15(11-20(12-19)29-2)14-25-22(27)16-5-7-18(8-6-16)26-21-17(13-23)4-3-9-24-21/h3-4,9-12,16,18H,5-8,14H2,1-2H3,(H,24,26)(H,25,27). The molecule has 1 amide bonds. The van der Waals surface area contributed by atoms with Gasteiger partial charge in [-0.25, -0.2) is 4.98 Å². The molecular formula is C22H26N4O3. The molecule has 29 heavy (non-hydrogen) atoms. The molecule has 0 saturated heterocycles. The fraction of sp³-hybridized carbons (Fsp3) is 0.409. The number of carbonyl (C=O) groups is 1. The van der Waals surface area contributed by atoms with Gasteiger partial charge in [0.15, 0.2) is 0 Å². The molecule has 152 valence electrons. The largest absolute Gasteiger partial charge is 0.497 e. The normalized spacial score (nSPS) is 18.4. The Morgan fingerprint density at radius 3 is 2.48 bits per heavy atom. The van der Waals surface area contributed by atoms with Crippen molar-refractivity contribution in [1.29, 1.82) is 5.26 Å². The highest BCUT2D eigenvalue weighted by Gasteiger charge is 2.26. The number of anilines is 1. The van der Waals surface area contributed by atoms with Crippen molar-refractivity contribution >= 4 is 11.7 Å². The predicted octanol–water partition coefficient (Wildman–Crippen LogP) is 3.26. The van der Waals surface area contributed by atoms with Crippen LogP contribution < -0.4 is 20.1 Å². The minimum Gasteiger partial charge on any atom is -0.497 e. The molecular weight excluding hydrogens is 368 g/mol. The molecule has 0 aliphatic heterocycles. The maximum atomic E-state index is 12.6. The van der Waals surface area contributed by atoms with E-state index in [1.165, 1.54) is 0 Å². The first kappa shape index (κ1) is 20.5. The van der Waals surface area contributed by atoms with Crippen LogP contribution in [0.3, 0.4) is 0 Å². The number of amides is 1. The van der Waals surface area contributed by atoms with Gasteiger partial charge < -0.3 is 20.1 Å². The number of benzene rings is 1. The Morgan fingerprint density at radius 2 is 1.86 bits per heavy atom. The molecule has 0 unspecified atom stereocenters. The third-order valence-corrected chi connectivity index (χ3v) is 5.24. The lowest BCUT2D eigenvalue weighted by Crippen LogP contribution is -2.35. The molecule has 0 radical (unpaired) electrons. The van der Waals surface area contributed by atoms with E-state index in [-0.39, 0.29) is 17.9 Å². The van der Waals surface area contributed by atoms with Gasteiger partial charge in [-0.1, -0.05) is 0 Å². The lowest BCUT2D eigenvalue weighted by Gasteiger charge is -2.29. The van der Waals surface area contributed by atoms with Gasteiger partial charge >= 0.3 is 0 Å². The molecule has 1 aliphatic rings. The second-order valence-electron chi connectivity index (χ2n) is 7.14. The Hall–Kier alpha value is -3.27. The van der Waals surface area contributed by atoms with Gasteiger partial charge in [-0.15, -0.1) is 0 Å². The summed E-state index contributed by atoms with van der Waals surface area (Å²) in [4.78, 5) is 16.9. The van der Waals surface area contributed by atoms with Gasteiger partial charge in [0.2, 0.25) is 5.91 Å². The number of ether oxygens (including phenoxy) is 2. The first-order valence-electron chi connectivity index (χ1n) is 9.74. The van der Waals surface area contributed by atoms with Crippen LogP contribution in [0, 0.1) is 17.2 Å². The van der Waals surface area contributed by atoms with E-state index in [2.05, 4.69) is 21.7 Å². The highest BCUT2D eigenvalue weighted by Crippen LogP contribution is 2.27. The van der Waals surface area contributed by atoms with Crippen molar-refractivity contribution in [1.82, 2.24) is 10.3 Å². The van der Waals surface area contributed by atoms with Crippen molar-refractivity contribution in [2.45, 2.75) is 38.3 Å². The minimum absolute atomic E-state index is 0.000256. The predicted molar refractivity (Wildman–Crippen MR) is 110 cm³/mol. The van der Waals surface area contributed by atoms with Crippen LogP contribution in [-0.2, 0) is 11.3 Å². The highest BCUT2D eigenvalue weighted by molar-refractivity contribution is 5.78. The monoisotopic (exact) mass is 394 g/mol. The minimum atomic E-state index is -0.000256. The zero-order valence-corrected chi connectivity index (χ0v) is 16.8. The first-order valence-corrected chi connectivity index (χ1v) is 9.74. The summed E-state index contributed by atoms with van der Waals surface area (Å²) in [5.41, 5.74) is 1.48. The lowest BCUT2D eigenvalue weighted by molar-refractivity contribution is -0.126. The van der Waals surface area contributed by atoms with Crippen molar-refractivity contribution in [3.63, 3.8) is 0 Å². The van der Waals surface area contributed by atoms with E-state index >= 15 is 0 Å². The summed E-state index contributed by atoms with van der Waals surface area (Å²) in [6.07, 6.45) is 5.02. The second kappa shape index (κ2) is 9.78. The van der Waals surface area contributed by atoms with Crippen LogP contribution in [0.1, 0.15) is 36.8 Å². The number of nitriles is 1. The van der Waals surface area contributed by atoms with Gasteiger partial charge in [-0.2, -0.15) is 5.26 Å². The summed E-state index contributed by atoms with van der Waals surface area (Å²) in [6, 6.07) is 11.5. The van der Waals surface area contributed by atoms with E-state index in [1.807, 2.05) is 12.1 Å². The number of pyridine rings is 1. The third kappa shape index (κ3) is 5.38.